The number of ether oxygens (including phenoxy) is 2. The Kier molecular flexibility index (Phi) is 4.53. The van der Waals surface area contributed by atoms with Crippen molar-refractivity contribution in [2.45, 2.75) is 19.3 Å². The highest BCUT2D eigenvalue weighted by molar-refractivity contribution is 5.77. The number of hydrogen-bond donors (Lipinski definition) is 0. The van der Waals surface area contributed by atoms with Gasteiger partial charge in [-0.1, -0.05) is 6.07 Å². The lowest BCUT2D eigenvalue weighted by atomic mass is 9.93. The fraction of sp³-hybridized carbons (Fsp3) is 0.385. The van der Waals surface area contributed by atoms with Crippen LogP contribution in [0.1, 0.15) is 24.8 Å². The first-order valence-corrected chi connectivity index (χ1v) is 5.24. The second kappa shape index (κ2) is 5.90. The minimum atomic E-state index is -0.543. The van der Waals surface area contributed by atoms with Crippen LogP contribution in [-0.4, -0.2) is 20.0 Å². The van der Waals surface area contributed by atoms with Crippen molar-refractivity contribution in [3.63, 3.8) is 0 Å². The van der Waals surface area contributed by atoms with Crippen LogP contribution in [0.5, 0.6) is 11.5 Å². The zero-order valence-corrected chi connectivity index (χ0v) is 10.2. The Balaban J connectivity index is 3.25. The largest absolute Gasteiger partial charge is 0.496 e. The Labute approximate surface area is 101 Å². The Morgan fingerprint density at radius 1 is 1.35 bits per heavy atom. The highest BCUT2D eigenvalue weighted by atomic mass is 16.5. The zero-order valence-electron chi connectivity index (χ0n) is 10.2. The number of rotatable bonds is 5. The van der Waals surface area contributed by atoms with Crippen molar-refractivity contribution in [3.05, 3.63) is 23.8 Å². The molecule has 0 saturated carbocycles. The van der Waals surface area contributed by atoms with Crippen molar-refractivity contribution >= 4 is 5.78 Å². The van der Waals surface area contributed by atoms with Crippen LogP contribution in [0.2, 0.25) is 0 Å². The van der Waals surface area contributed by atoms with Gasteiger partial charge in [-0.2, -0.15) is 5.26 Å². The van der Waals surface area contributed by atoms with E-state index in [4.69, 9.17) is 14.7 Å². The fourth-order valence-corrected chi connectivity index (χ4v) is 1.72. The predicted octanol–water partition coefficient (Wildman–Crippen LogP) is 2.29. The van der Waals surface area contributed by atoms with Crippen LogP contribution in [-0.2, 0) is 4.79 Å². The summed E-state index contributed by atoms with van der Waals surface area (Å²) in [6, 6.07) is 7.40. The number of nitriles is 1. The summed E-state index contributed by atoms with van der Waals surface area (Å²) in [5.41, 5.74) is 0.634. The maximum absolute atomic E-state index is 11.2. The van der Waals surface area contributed by atoms with Gasteiger partial charge in [-0.15, -0.1) is 0 Å². The maximum Gasteiger partial charge on any atom is 0.131 e. The molecule has 90 valence electrons. The SMILES string of the molecule is COc1cccc(OC)c1C(C#N)CC(C)=O. The zero-order chi connectivity index (χ0) is 12.8. The van der Waals surface area contributed by atoms with Crippen molar-refractivity contribution < 1.29 is 14.3 Å². The third kappa shape index (κ3) is 2.97. The molecule has 0 bridgehead atoms. The van der Waals surface area contributed by atoms with E-state index < -0.39 is 5.92 Å². The molecule has 1 atom stereocenters. The van der Waals surface area contributed by atoms with Gasteiger partial charge >= 0.3 is 0 Å². The van der Waals surface area contributed by atoms with E-state index in [2.05, 4.69) is 6.07 Å². The third-order valence-electron chi connectivity index (χ3n) is 2.46. The summed E-state index contributed by atoms with van der Waals surface area (Å²) >= 11 is 0. The molecular formula is C13H15NO3. The topological polar surface area (TPSA) is 59.3 Å². The lowest BCUT2D eigenvalue weighted by molar-refractivity contribution is -0.117. The van der Waals surface area contributed by atoms with Crippen LogP contribution in [0.4, 0.5) is 0 Å². The van der Waals surface area contributed by atoms with Gasteiger partial charge in [0.2, 0.25) is 0 Å². The second-order valence-electron chi connectivity index (χ2n) is 3.66. The first-order valence-electron chi connectivity index (χ1n) is 5.24. The number of benzene rings is 1. The summed E-state index contributed by atoms with van der Waals surface area (Å²) in [6.07, 6.45) is 0.160. The van der Waals surface area contributed by atoms with Gasteiger partial charge in [0.05, 0.1) is 31.8 Å². The minimum absolute atomic E-state index is 0.0375. The molecule has 0 spiro atoms. The van der Waals surface area contributed by atoms with Crippen molar-refractivity contribution in [3.8, 4) is 17.6 Å². The van der Waals surface area contributed by atoms with E-state index in [0.717, 1.165) is 0 Å². The predicted molar refractivity (Wildman–Crippen MR) is 63.2 cm³/mol. The van der Waals surface area contributed by atoms with E-state index in [1.165, 1.54) is 21.1 Å². The maximum atomic E-state index is 11.2. The second-order valence-corrected chi connectivity index (χ2v) is 3.66. The normalized spacial score (nSPS) is 11.4. The van der Waals surface area contributed by atoms with Gasteiger partial charge in [-0.3, -0.25) is 4.79 Å². The van der Waals surface area contributed by atoms with Crippen molar-refractivity contribution in [1.82, 2.24) is 0 Å². The van der Waals surface area contributed by atoms with Crippen molar-refractivity contribution in [2.24, 2.45) is 0 Å². The van der Waals surface area contributed by atoms with E-state index in [0.29, 0.717) is 17.1 Å². The molecule has 0 amide bonds. The van der Waals surface area contributed by atoms with Gasteiger partial charge in [-0.25, -0.2) is 0 Å². The molecule has 1 rings (SSSR count). The molecule has 0 radical (unpaired) electrons. The lowest BCUT2D eigenvalue weighted by Crippen LogP contribution is -2.06. The number of hydrogen-bond acceptors (Lipinski definition) is 4. The third-order valence-corrected chi connectivity index (χ3v) is 2.46. The van der Waals surface area contributed by atoms with Gasteiger partial charge in [0.1, 0.15) is 17.3 Å². The number of nitrogens with zero attached hydrogens (tertiary/aromatic N) is 1. The standard InChI is InChI=1S/C13H15NO3/c1-9(15)7-10(8-14)13-11(16-2)5-4-6-12(13)17-3/h4-6,10H,7H2,1-3H3. The molecule has 0 aromatic heterocycles. The molecule has 0 saturated heterocycles. The van der Waals surface area contributed by atoms with Gasteiger partial charge in [0.25, 0.3) is 0 Å². The van der Waals surface area contributed by atoms with Crippen LogP contribution in [0.25, 0.3) is 0 Å². The fourth-order valence-electron chi connectivity index (χ4n) is 1.72. The van der Waals surface area contributed by atoms with Crippen LogP contribution in [0.15, 0.2) is 18.2 Å². The summed E-state index contributed by atoms with van der Waals surface area (Å²) in [5.74, 6) is 0.553. The number of methoxy groups -OCH3 is 2. The van der Waals surface area contributed by atoms with E-state index in [1.54, 1.807) is 18.2 Å². The highest BCUT2D eigenvalue weighted by Crippen LogP contribution is 2.36. The number of Topliss-reactive ketones (excluding diaryl/α,β-unsaturated/α-hetero) is 1. The quantitative estimate of drug-likeness (QED) is 0.782. The van der Waals surface area contributed by atoms with Crippen LogP contribution < -0.4 is 9.47 Å². The molecule has 4 heteroatoms. The average molecular weight is 233 g/mol. The minimum Gasteiger partial charge on any atom is -0.496 e. The first-order chi connectivity index (χ1) is 8.13. The van der Waals surface area contributed by atoms with Gasteiger partial charge in [0, 0.05) is 6.42 Å². The number of carbonyl (C=O) groups excluding carboxylic acids is 1. The molecule has 1 aromatic carbocycles. The van der Waals surface area contributed by atoms with E-state index >= 15 is 0 Å². The van der Waals surface area contributed by atoms with Crippen LogP contribution in [0.3, 0.4) is 0 Å². The first kappa shape index (κ1) is 13.0. The highest BCUT2D eigenvalue weighted by Gasteiger charge is 2.21. The lowest BCUT2D eigenvalue weighted by Gasteiger charge is -2.16. The summed E-state index contributed by atoms with van der Waals surface area (Å²) < 4.78 is 10.4. The Hall–Kier alpha value is -2.02. The average Bonchev–Trinajstić information content (AvgIpc) is 2.34. The number of carbonyl (C=O) groups is 1. The number of ketones is 1. The van der Waals surface area contributed by atoms with Crippen molar-refractivity contribution in [1.29, 1.82) is 5.26 Å². The molecule has 1 aromatic rings. The molecule has 4 nitrogen and oxygen atoms in total. The molecule has 0 heterocycles. The summed E-state index contributed by atoms with van der Waals surface area (Å²) in [7, 11) is 3.06. The Bertz CT molecular complexity index is 426. The summed E-state index contributed by atoms with van der Waals surface area (Å²) in [6.45, 7) is 1.46. The van der Waals surface area contributed by atoms with Gasteiger partial charge < -0.3 is 9.47 Å². The Morgan fingerprint density at radius 2 is 1.88 bits per heavy atom. The van der Waals surface area contributed by atoms with E-state index in [-0.39, 0.29) is 12.2 Å². The molecule has 1 unspecified atom stereocenters. The molecular weight excluding hydrogens is 218 g/mol. The molecule has 0 aliphatic rings. The summed E-state index contributed by atoms with van der Waals surface area (Å²) in [4.78, 5) is 11.2. The van der Waals surface area contributed by atoms with E-state index in [1.807, 2.05) is 0 Å². The molecule has 0 fully saturated rings. The molecule has 0 aliphatic carbocycles. The van der Waals surface area contributed by atoms with Crippen LogP contribution in [0, 0.1) is 11.3 Å². The van der Waals surface area contributed by atoms with Crippen molar-refractivity contribution in [2.75, 3.05) is 14.2 Å². The molecule has 0 N–H and O–H groups in total. The monoisotopic (exact) mass is 233 g/mol. The van der Waals surface area contributed by atoms with Gasteiger partial charge in [-0.05, 0) is 19.1 Å². The van der Waals surface area contributed by atoms with Crippen LogP contribution >= 0.6 is 0 Å². The Morgan fingerprint density at radius 3 is 2.24 bits per heavy atom. The summed E-state index contributed by atoms with van der Waals surface area (Å²) in [5, 5.41) is 9.15. The van der Waals surface area contributed by atoms with Gasteiger partial charge in [0.15, 0.2) is 0 Å². The molecule has 17 heavy (non-hydrogen) atoms. The smallest absolute Gasteiger partial charge is 0.131 e. The molecule has 0 aliphatic heterocycles. The van der Waals surface area contributed by atoms with E-state index in [9.17, 15) is 4.79 Å².